The third kappa shape index (κ3) is 2.57. The van der Waals surface area contributed by atoms with Crippen LogP contribution in [-0.2, 0) is 4.79 Å². The van der Waals surface area contributed by atoms with Crippen LogP contribution in [0.2, 0.25) is 0 Å². The van der Waals surface area contributed by atoms with E-state index in [0.717, 1.165) is 0 Å². The van der Waals surface area contributed by atoms with Gasteiger partial charge in [-0.15, -0.1) is 5.10 Å². The molecule has 8 nitrogen and oxygen atoms in total. The molecule has 0 unspecified atom stereocenters. The molecular weight excluding hydrogens is 252 g/mol. The normalized spacial score (nSPS) is 10.2. The summed E-state index contributed by atoms with van der Waals surface area (Å²) in [7, 11) is 0. The monoisotopic (exact) mass is 262 g/mol. The highest BCUT2D eigenvalue weighted by Gasteiger charge is 2.16. The summed E-state index contributed by atoms with van der Waals surface area (Å²) < 4.78 is 6.14. The zero-order chi connectivity index (χ0) is 14.0. The molecular formula is C11H10N4O4. The van der Waals surface area contributed by atoms with Crippen LogP contribution in [0, 0.1) is 6.92 Å². The van der Waals surface area contributed by atoms with E-state index in [1.807, 2.05) is 0 Å². The van der Waals surface area contributed by atoms with Gasteiger partial charge in [0, 0.05) is 6.92 Å². The van der Waals surface area contributed by atoms with Gasteiger partial charge in [0.1, 0.15) is 5.75 Å². The van der Waals surface area contributed by atoms with Crippen LogP contribution < -0.4 is 4.74 Å². The number of nitrogens with zero attached hydrogens (tertiary/aromatic N) is 4. The molecule has 0 radical (unpaired) electrons. The van der Waals surface area contributed by atoms with E-state index < -0.39 is 11.9 Å². The van der Waals surface area contributed by atoms with E-state index >= 15 is 0 Å². The molecule has 0 aliphatic carbocycles. The van der Waals surface area contributed by atoms with E-state index in [1.165, 1.54) is 29.8 Å². The molecule has 0 saturated heterocycles. The zero-order valence-corrected chi connectivity index (χ0v) is 10.2. The number of aromatic nitrogens is 4. The van der Waals surface area contributed by atoms with Gasteiger partial charge in [-0.25, -0.2) is 4.79 Å². The minimum absolute atomic E-state index is 0.0610. The Morgan fingerprint density at radius 2 is 2.11 bits per heavy atom. The van der Waals surface area contributed by atoms with E-state index in [9.17, 15) is 14.7 Å². The predicted molar refractivity (Wildman–Crippen MR) is 62.2 cm³/mol. The second-order valence-corrected chi connectivity index (χ2v) is 3.72. The number of carboxylic acids is 1. The number of aromatic carboxylic acids is 1. The van der Waals surface area contributed by atoms with Gasteiger partial charge in [-0.1, -0.05) is 0 Å². The number of hydrogen-bond donors (Lipinski definition) is 1. The number of ether oxygens (including phenoxy) is 1. The molecule has 0 atom stereocenters. The number of aryl methyl sites for hydroxylation is 1. The molecule has 0 saturated carbocycles. The van der Waals surface area contributed by atoms with Crippen LogP contribution in [-0.4, -0.2) is 37.3 Å². The minimum atomic E-state index is -1.17. The molecule has 0 aliphatic rings. The first-order valence-electron chi connectivity index (χ1n) is 5.30. The van der Waals surface area contributed by atoms with Crippen LogP contribution in [0.3, 0.4) is 0 Å². The first-order valence-corrected chi connectivity index (χ1v) is 5.30. The summed E-state index contributed by atoms with van der Waals surface area (Å²) in [6, 6.07) is 4.20. The van der Waals surface area contributed by atoms with Gasteiger partial charge in [0.25, 0.3) is 0 Å². The standard InChI is InChI=1S/C11H10N4O4/c1-6-12-13-14-15(6)10-4-3-8(19-7(2)16)5-9(10)11(17)18/h3-5H,1-2H3,(H,17,18). The lowest BCUT2D eigenvalue weighted by molar-refractivity contribution is -0.131. The fraction of sp³-hybridized carbons (Fsp3) is 0.182. The first kappa shape index (κ1) is 12.7. The third-order valence-corrected chi connectivity index (χ3v) is 2.31. The van der Waals surface area contributed by atoms with Crippen LogP contribution in [0.15, 0.2) is 18.2 Å². The maximum atomic E-state index is 11.2. The number of rotatable bonds is 3. The summed E-state index contributed by atoms with van der Waals surface area (Å²) in [6.45, 7) is 2.88. The highest BCUT2D eigenvalue weighted by atomic mass is 16.5. The summed E-state index contributed by atoms with van der Waals surface area (Å²) in [5.41, 5.74) is 0.236. The zero-order valence-electron chi connectivity index (χ0n) is 10.2. The molecule has 19 heavy (non-hydrogen) atoms. The molecule has 0 amide bonds. The Morgan fingerprint density at radius 1 is 1.37 bits per heavy atom. The average Bonchev–Trinajstić information content (AvgIpc) is 2.74. The van der Waals surface area contributed by atoms with Crippen molar-refractivity contribution in [2.45, 2.75) is 13.8 Å². The van der Waals surface area contributed by atoms with E-state index in [1.54, 1.807) is 6.92 Å². The minimum Gasteiger partial charge on any atom is -0.478 e. The van der Waals surface area contributed by atoms with Gasteiger partial charge < -0.3 is 9.84 Å². The van der Waals surface area contributed by atoms with Crippen LogP contribution in [0.25, 0.3) is 5.69 Å². The lowest BCUT2D eigenvalue weighted by atomic mass is 10.1. The van der Waals surface area contributed by atoms with Crippen LogP contribution in [0.4, 0.5) is 0 Å². The quantitative estimate of drug-likeness (QED) is 0.637. The number of carbonyl (C=O) groups is 2. The summed E-state index contributed by atoms with van der Waals surface area (Å²) >= 11 is 0. The van der Waals surface area contributed by atoms with Crippen LogP contribution in [0.5, 0.6) is 5.75 Å². The molecule has 0 spiro atoms. The van der Waals surface area contributed by atoms with E-state index in [-0.39, 0.29) is 11.3 Å². The molecule has 1 aromatic carbocycles. The summed E-state index contributed by atoms with van der Waals surface area (Å²) in [5, 5.41) is 20.0. The summed E-state index contributed by atoms with van der Waals surface area (Å²) in [5.74, 6) is -1.09. The maximum Gasteiger partial charge on any atom is 0.338 e. The van der Waals surface area contributed by atoms with Crippen molar-refractivity contribution >= 4 is 11.9 Å². The molecule has 1 N–H and O–H groups in total. The molecule has 2 rings (SSSR count). The Kier molecular flexibility index (Phi) is 3.23. The van der Waals surface area contributed by atoms with Gasteiger partial charge >= 0.3 is 11.9 Å². The van der Waals surface area contributed by atoms with Crippen molar-refractivity contribution in [3.8, 4) is 11.4 Å². The second kappa shape index (κ2) is 4.84. The van der Waals surface area contributed by atoms with Crippen molar-refractivity contribution in [1.82, 2.24) is 20.2 Å². The number of hydrogen-bond acceptors (Lipinski definition) is 6. The summed E-state index contributed by atoms with van der Waals surface area (Å²) in [6.07, 6.45) is 0. The third-order valence-electron chi connectivity index (χ3n) is 2.31. The SMILES string of the molecule is CC(=O)Oc1ccc(-n2nnnc2C)c(C(=O)O)c1. The van der Waals surface area contributed by atoms with E-state index in [2.05, 4.69) is 15.5 Å². The maximum absolute atomic E-state index is 11.2. The van der Waals surface area contributed by atoms with E-state index in [0.29, 0.717) is 11.5 Å². The van der Waals surface area contributed by atoms with Gasteiger partial charge in [0.2, 0.25) is 0 Å². The fourth-order valence-corrected chi connectivity index (χ4v) is 1.55. The molecule has 8 heteroatoms. The first-order chi connectivity index (χ1) is 8.99. The molecule has 1 heterocycles. The van der Waals surface area contributed by atoms with Crippen molar-refractivity contribution in [2.75, 3.05) is 0 Å². The van der Waals surface area contributed by atoms with Gasteiger partial charge in [0.05, 0.1) is 11.3 Å². The Labute approximate surface area is 107 Å². The molecule has 0 bridgehead atoms. The lowest BCUT2D eigenvalue weighted by Crippen LogP contribution is -2.09. The van der Waals surface area contributed by atoms with Gasteiger partial charge in [-0.05, 0) is 35.5 Å². The van der Waals surface area contributed by atoms with Gasteiger partial charge in [0.15, 0.2) is 5.82 Å². The molecule has 98 valence electrons. The molecule has 0 fully saturated rings. The molecule has 0 aliphatic heterocycles. The number of carbonyl (C=O) groups excluding carboxylic acids is 1. The van der Waals surface area contributed by atoms with E-state index in [4.69, 9.17) is 4.74 Å². The molecule has 2 aromatic rings. The van der Waals surface area contributed by atoms with Crippen molar-refractivity contribution in [3.05, 3.63) is 29.6 Å². The molecule has 1 aromatic heterocycles. The van der Waals surface area contributed by atoms with Crippen molar-refractivity contribution in [3.63, 3.8) is 0 Å². The highest BCUT2D eigenvalue weighted by Crippen LogP contribution is 2.21. The topological polar surface area (TPSA) is 107 Å². The fourth-order valence-electron chi connectivity index (χ4n) is 1.55. The van der Waals surface area contributed by atoms with Crippen molar-refractivity contribution < 1.29 is 19.4 Å². The second-order valence-electron chi connectivity index (χ2n) is 3.72. The van der Waals surface area contributed by atoms with Crippen molar-refractivity contribution in [2.24, 2.45) is 0 Å². The number of tetrazole rings is 1. The highest BCUT2D eigenvalue weighted by molar-refractivity contribution is 5.92. The lowest BCUT2D eigenvalue weighted by Gasteiger charge is -2.08. The summed E-state index contributed by atoms with van der Waals surface area (Å²) in [4.78, 5) is 22.1. The van der Waals surface area contributed by atoms with Gasteiger partial charge in [-0.3, -0.25) is 4.79 Å². The van der Waals surface area contributed by atoms with Crippen molar-refractivity contribution in [1.29, 1.82) is 0 Å². The average molecular weight is 262 g/mol. The number of esters is 1. The van der Waals surface area contributed by atoms with Gasteiger partial charge in [-0.2, -0.15) is 4.68 Å². The number of benzene rings is 1. The Bertz CT molecular complexity index is 650. The van der Waals surface area contributed by atoms with Crippen LogP contribution in [0.1, 0.15) is 23.1 Å². The Balaban J connectivity index is 2.53. The smallest absolute Gasteiger partial charge is 0.338 e. The predicted octanol–water partition coefficient (Wildman–Crippen LogP) is 0.594. The Morgan fingerprint density at radius 3 is 2.63 bits per heavy atom. The van der Waals surface area contributed by atoms with Crippen LogP contribution >= 0.6 is 0 Å². The Hall–Kier alpha value is -2.77. The number of carboxylic acid groups (broad SMARTS) is 1. The largest absolute Gasteiger partial charge is 0.478 e.